The van der Waals surface area contributed by atoms with Gasteiger partial charge in [-0.05, 0) is 48.7 Å². The molecule has 1 heterocycles. The molecule has 1 aromatic carbocycles. The van der Waals surface area contributed by atoms with E-state index in [4.69, 9.17) is 4.42 Å². The van der Waals surface area contributed by atoms with Gasteiger partial charge >= 0.3 is 5.97 Å². The number of benzene rings is 1. The number of hydrogen-bond donors (Lipinski definition) is 0. The average molecular weight is 323 g/mol. The Morgan fingerprint density at radius 2 is 2.00 bits per heavy atom. The Morgan fingerprint density at radius 3 is 2.68 bits per heavy atom. The van der Waals surface area contributed by atoms with Crippen molar-refractivity contribution in [2.45, 2.75) is 20.3 Å². The lowest BCUT2D eigenvalue weighted by molar-refractivity contribution is 0.0563. The maximum atomic E-state index is 11.3. The van der Waals surface area contributed by atoms with Crippen LogP contribution in [0, 0.1) is 13.8 Å². The number of hydrogen-bond acceptors (Lipinski definition) is 3. The zero-order chi connectivity index (χ0) is 14.0. The number of esters is 1. The molecule has 1 aromatic heterocycles. The van der Waals surface area contributed by atoms with E-state index in [0.717, 1.165) is 10.2 Å². The Balaban J connectivity index is 2.24. The van der Waals surface area contributed by atoms with Crippen LogP contribution in [-0.2, 0) is 11.2 Å². The molecule has 0 saturated carbocycles. The molecule has 0 radical (unpaired) electrons. The largest absolute Gasteiger partial charge is 0.463 e. The highest BCUT2D eigenvalue weighted by atomic mass is 79.9. The van der Waals surface area contributed by atoms with Crippen LogP contribution in [0.15, 0.2) is 33.2 Å². The van der Waals surface area contributed by atoms with Gasteiger partial charge in [0.05, 0.1) is 7.11 Å². The van der Waals surface area contributed by atoms with Crippen molar-refractivity contribution < 1.29 is 13.9 Å². The van der Waals surface area contributed by atoms with Gasteiger partial charge in [-0.15, -0.1) is 0 Å². The van der Waals surface area contributed by atoms with Crippen molar-refractivity contribution in [3.8, 4) is 0 Å². The first-order valence-corrected chi connectivity index (χ1v) is 6.73. The first-order valence-electron chi connectivity index (χ1n) is 5.94. The molecule has 100 valence electrons. The molecule has 0 spiro atoms. The lowest BCUT2D eigenvalue weighted by Gasteiger charge is -2.07. The Bertz CT molecular complexity index is 614. The number of aryl methyl sites for hydroxylation is 2. The van der Waals surface area contributed by atoms with Crippen molar-refractivity contribution in [1.82, 2.24) is 0 Å². The molecule has 19 heavy (non-hydrogen) atoms. The van der Waals surface area contributed by atoms with E-state index in [1.165, 1.54) is 23.8 Å². The summed E-state index contributed by atoms with van der Waals surface area (Å²) in [6, 6.07) is 7.66. The second-order valence-corrected chi connectivity index (χ2v) is 5.32. The Kier molecular flexibility index (Phi) is 4.10. The van der Waals surface area contributed by atoms with Crippen LogP contribution in [0.4, 0.5) is 0 Å². The number of ether oxygens (including phenoxy) is 1. The molecule has 2 rings (SSSR count). The lowest BCUT2D eigenvalue weighted by Crippen LogP contribution is -1.98. The van der Waals surface area contributed by atoms with Crippen molar-refractivity contribution in [2.75, 3.05) is 7.11 Å². The van der Waals surface area contributed by atoms with E-state index in [9.17, 15) is 4.79 Å². The van der Waals surface area contributed by atoms with Crippen LogP contribution in [0.2, 0.25) is 0 Å². The fourth-order valence-electron chi connectivity index (χ4n) is 1.93. The zero-order valence-corrected chi connectivity index (χ0v) is 12.7. The molecule has 0 saturated heterocycles. The fourth-order valence-corrected chi connectivity index (χ4v) is 2.32. The number of carbonyl (C=O) groups is 1. The summed E-state index contributed by atoms with van der Waals surface area (Å²) in [6.45, 7) is 4.13. The van der Waals surface area contributed by atoms with E-state index in [1.807, 2.05) is 0 Å². The molecule has 0 atom stereocenters. The maximum absolute atomic E-state index is 11.3. The van der Waals surface area contributed by atoms with Crippen molar-refractivity contribution >= 4 is 21.9 Å². The summed E-state index contributed by atoms with van der Waals surface area (Å²) in [5.74, 6) is 0.536. The molecule has 4 heteroatoms. The zero-order valence-electron chi connectivity index (χ0n) is 11.1. The van der Waals surface area contributed by atoms with Gasteiger partial charge in [-0.2, -0.15) is 0 Å². The molecule has 0 aliphatic rings. The normalized spacial score (nSPS) is 10.5. The molecule has 0 unspecified atom stereocenters. The van der Waals surface area contributed by atoms with Crippen LogP contribution in [-0.4, -0.2) is 13.1 Å². The molecule has 0 fully saturated rings. The van der Waals surface area contributed by atoms with Gasteiger partial charge in [0, 0.05) is 10.9 Å². The average Bonchev–Trinajstić information content (AvgIpc) is 2.83. The lowest BCUT2D eigenvalue weighted by atomic mass is 10.0. The van der Waals surface area contributed by atoms with Crippen LogP contribution in [0.3, 0.4) is 0 Å². The van der Waals surface area contributed by atoms with Crippen molar-refractivity contribution in [1.29, 1.82) is 0 Å². The summed E-state index contributed by atoms with van der Waals surface area (Å²) in [5, 5.41) is 0. The highest BCUT2D eigenvalue weighted by Gasteiger charge is 2.12. The van der Waals surface area contributed by atoms with E-state index in [1.54, 1.807) is 12.1 Å². The number of rotatable bonds is 3. The molecular weight excluding hydrogens is 308 g/mol. The number of furan rings is 1. The van der Waals surface area contributed by atoms with Gasteiger partial charge in [0.25, 0.3) is 0 Å². The number of carbonyl (C=O) groups excluding carboxylic acids is 1. The second kappa shape index (κ2) is 5.61. The fraction of sp³-hybridized carbons (Fsp3) is 0.267. The summed E-state index contributed by atoms with van der Waals surface area (Å²) < 4.78 is 11.2. The molecule has 0 N–H and O–H groups in total. The molecule has 0 amide bonds. The Labute approximate surface area is 120 Å². The van der Waals surface area contributed by atoms with Gasteiger partial charge in [-0.25, -0.2) is 4.79 Å². The third-order valence-electron chi connectivity index (χ3n) is 3.03. The van der Waals surface area contributed by atoms with Crippen LogP contribution in [0.1, 0.15) is 33.0 Å². The first kappa shape index (κ1) is 13.9. The van der Waals surface area contributed by atoms with Crippen LogP contribution < -0.4 is 0 Å². The van der Waals surface area contributed by atoms with Gasteiger partial charge in [-0.3, -0.25) is 0 Å². The van der Waals surface area contributed by atoms with E-state index < -0.39 is 5.97 Å². The molecule has 3 nitrogen and oxygen atoms in total. The van der Waals surface area contributed by atoms with Crippen molar-refractivity contribution in [3.63, 3.8) is 0 Å². The van der Waals surface area contributed by atoms with Gasteiger partial charge in [-0.1, -0.05) is 22.0 Å². The third-order valence-corrected chi connectivity index (χ3v) is 3.88. The number of methoxy groups -OCH3 is 1. The first-order chi connectivity index (χ1) is 9.01. The van der Waals surface area contributed by atoms with Gasteiger partial charge in [0.15, 0.2) is 0 Å². The summed E-state index contributed by atoms with van der Waals surface area (Å²) >= 11 is 3.53. The van der Waals surface area contributed by atoms with Gasteiger partial charge < -0.3 is 9.15 Å². The highest BCUT2D eigenvalue weighted by molar-refractivity contribution is 9.10. The maximum Gasteiger partial charge on any atom is 0.373 e. The van der Waals surface area contributed by atoms with Gasteiger partial charge in [0.1, 0.15) is 5.76 Å². The minimum atomic E-state index is -0.451. The predicted molar refractivity (Wildman–Crippen MR) is 76.5 cm³/mol. The van der Waals surface area contributed by atoms with Gasteiger partial charge in [0.2, 0.25) is 5.76 Å². The summed E-state index contributed by atoms with van der Waals surface area (Å²) in [4.78, 5) is 11.3. The van der Waals surface area contributed by atoms with E-state index in [2.05, 4.69) is 46.6 Å². The molecule has 0 aliphatic heterocycles. The quantitative estimate of drug-likeness (QED) is 0.801. The smallest absolute Gasteiger partial charge is 0.373 e. The standard InChI is InChI=1S/C15H15BrO3/c1-9-6-10(2)13(16)8-11(9)7-12-4-5-14(19-12)15(17)18-3/h4-6,8H,7H2,1-3H3. The monoisotopic (exact) mass is 322 g/mol. The minimum absolute atomic E-state index is 0.237. The molecular formula is C15H15BrO3. The Hall–Kier alpha value is -1.55. The van der Waals surface area contributed by atoms with E-state index in [-0.39, 0.29) is 5.76 Å². The SMILES string of the molecule is COC(=O)c1ccc(Cc2cc(Br)c(C)cc2C)o1. The third kappa shape index (κ3) is 3.07. The number of halogens is 1. The predicted octanol–water partition coefficient (Wildman–Crippen LogP) is 4.04. The van der Waals surface area contributed by atoms with Crippen LogP contribution in [0.25, 0.3) is 0 Å². The minimum Gasteiger partial charge on any atom is -0.463 e. The van der Waals surface area contributed by atoms with Crippen molar-refractivity contribution in [3.05, 3.63) is 56.9 Å². The Morgan fingerprint density at radius 1 is 1.26 bits per heavy atom. The topological polar surface area (TPSA) is 39.4 Å². The summed E-state index contributed by atoms with van der Waals surface area (Å²) in [7, 11) is 1.34. The summed E-state index contributed by atoms with van der Waals surface area (Å²) in [6.07, 6.45) is 0.654. The highest BCUT2D eigenvalue weighted by Crippen LogP contribution is 2.24. The van der Waals surface area contributed by atoms with Crippen LogP contribution in [0.5, 0.6) is 0 Å². The molecule has 2 aromatic rings. The van der Waals surface area contributed by atoms with E-state index >= 15 is 0 Å². The second-order valence-electron chi connectivity index (χ2n) is 4.46. The van der Waals surface area contributed by atoms with Crippen LogP contribution >= 0.6 is 15.9 Å². The summed E-state index contributed by atoms with van der Waals surface area (Å²) in [5.41, 5.74) is 3.58. The molecule has 0 aliphatic carbocycles. The van der Waals surface area contributed by atoms with E-state index in [0.29, 0.717) is 6.42 Å². The van der Waals surface area contributed by atoms with Crippen molar-refractivity contribution in [2.24, 2.45) is 0 Å². The molecule has 0 bridgehead atoms.